The van der Waals surface area contributed by atoms with Gasteiger partial charge in [0.05, 0.1) is 0 Å². The van der Waals surface area contributed by atoms with E-state index < -0.39 is 5.97 Å². The molecule has 0 spiro atoms. The predicted molar refractivity (Wildman–Crippen MR) is 37.4 cm³/mol. The molecule has 1 aromatic heterocycles. The number of anilines is 1. The van der Waals surface area contributed by atoms with Gasteiger partial charge in [0, 0.05) is 23.0 Å². The van der Waals surface area contributed by atoms with Crippen LogP contribution in [0.15, 0.2) is 11.4 Å². The van der Waals surface area contributed by atoms with Gasteiger partial charge in [0.25, 0.3) is 0 Å². The fourth-order valence-corrected chi connectivity index (χ4v) is 1.41. The Kier molecular flexibility index (Phi) is 1.91. The van der Waals surface area contributed by atoms with Gasteiger partial charge < -0.3 is 15.6 Å². The first-order valence-electron chi connectivity index (χ1n) is 2.72. The van der Waals surface area contributed by atoms with Crippen molar-refractivity contribution in [1.29, 1.82) is 0 Å². The summed E-state index contributed by atoms with van der Waals surface area (Å²) >= 11 is 1.33. The van der Waals surface area contributed by atoms with Crippen LogP contribution < -0.4 is 10.8 Å². The average Bonchev–Trinajstić information content (AvgIpc) is 2.15. The number of nitrogen functional groups attached to an aromatic ring is 1. The van der Waals surface area contributed by atoms with Crippen molar-refractivity contribution in [1.82, 2.24) is 0 Å². The molecule has 0 fully saturated rings. The van der Waals surface area contributed by atoms with E-state index in [4.69, 9.17) is 5.73 Å². The zero-order valence-corrected chi connectivity index (χ0v) is 5.98. The van der Waals surface area contributed by atoms with Gasteiger partial charge in [-0.25, -0.2) is 0 Å². The van der Waals surface area contributed by atoms with E-state index in [0.717, 1.165) is 0 Å². The summed E-state index contributed by atoms with van der Waals surface area (Å²) < 4.78 is 0. The zero-order chi connectivity index (χ0) is 7.56. The van der Waals surface area contributed by atoms with Crippen LogP contribution in [0.3, 0.4) is 0 Å². The molecular formula is C6H6NO2S-. The summed E-state index contributed by atoms with van der Waals surface area (Å²) in [6.45, 7) is 0. The molecular weight excluding hydrogens is 150 g/mol. The third kappa shape index (κ3) is 1.48. The molecule has 10 heavy (non-hydrogen) atoms. The number of hydrogen-bond donors (Lipinski definition) is 1. The van der Waals surface area contributed by atoms with Crippen molar-refractivity contribution in [2.75, 3.05) is 5.73 Å². The van der Waals surface area contributed by atoms with Gasteiger partial charge >= 0.3 is 0 Å². The zero-order valence-electron chi connectivity index (χ0n) is 5.16. The van der Waals surface area contributed by atoms with Crippen molar-refractivity contribution in [3.8, 4) is 0 Å². The first-order valence-corrected chi connectivity index (χ1v) is 3.60. The molecule has 1 aromatic rings. The molecule has 1 rings (SSSR count). The largest absolute Gasteiger partial charge is 0.550 e. The van der Waals surface area contributed by atoms with Gasteiger partial charge in [0.2, 0.25) is 0 Å². The average molecular weight is 156 g/mol. The number of thiophene rings is 1. The number of carboxylic acids is 1. The molecule has 54 valence electrons. The normalized spacial score (nSPS) is 9.60. The first kappa shape index (κ1) is 7.08. The number of aliphatic carboxylic acids is 1. The second-order valence-corrected chi connectivity index (χ2v) is 2.85. The molecule has 3 nitrogen and oxygen atoms in total. The third-order valence-electron chi connectivity index (χ3n) is 1.08. The number of nitrogens with two attached hydrogens (primary N) is 1. The highest BCUT2D eigenvalue weighted by Gasteiger charge is 1.98. The van der Waals surface area contributed by atoms with E-state index in [1.165, 1.54) is 11.3 Å². The fourth-order valence-electron chi connectivity index (χ4n) is 0.625. The van der Waals surface area contributed by atoms with Crippen LogP contribution in [0.4, 0.5) is 5.69 Å². The minimum absolute atomic E-state index is 0.0799. The topological polar surface area (TPSA) is 66.2 Å². The van der Waals surface area contributed by atoms with Gasteiger partial charge in [-0.05, 0) is 11.4 Å². The Morgan fingerprint density at radius 3 is 2.90 bits per heavy atom. The SMILES string of the molecule is Nc1ccsc1CC(=O)[O-]. The molecule has 0 aromatic carbocycles. The van der Waals surface area contributed by atoms with Crippen molar-refractivity contribution in [2.24, 2.45) is 0 Å². The van der Waals surface area contributed by atoms with E-state index in [1.54, 1.807) is 11.4 Å². The maximum Gasteiger partial charge on any atom is 0.0467 e. The second kappa shape index (κ2) is 2.70. The van der Waals surface area contributed by atoms with Crippen molar-refractivity contribution >= 4 is 23.0 Å². The van der Waals surface area contributed by atoms with Gasteiger partial charge in [0.1, 0.15) is 0 Å². The smallest absolute Gasteiger partial charge is 0.0467 e. The van der Waals surface area contributed by atoms with Crippen LogP contribution in [0.25, 0.3) is 0 Å². The molecule has 0 aliphatic rings. The van der Waals surface area contributed by atoms with Crippen LogP contribution in [-0.4, -0.2) is 5.97 Å². The lowest BCUT2D eigenvalue weighted by molar-refractivity contribution is -0.304. The van der Waals surface area contributed by atoms with E-state index in [-0.39, 0.29) is 6.42 Å². The lowest BCUT2D eigenvalue weighted by Crippen LogP contribution is -2.24. The second-order valence-electron chi connectivity index (χ2n) is 1.85. The molecule has 0 amide bonds. The molecule has 0 atom stereocenters. The Labute approximate surface area is 62.1 Å². The summed E-state index contributed by atoms with van der Waals surface area (Å²) in [6, 6.07) is 1.68. The van der Waals surface area contributed by atoms with Gasteiger partial charge in [-0.15, -0.1) is 11.3 Å². The van der Waals surface area contributed by atoms with Gasteiger partial charge in [-0.2, -0.15) is 0 Å². The highest BCUT2D eigenvalue weighted by atomic mass is 32.1. The Bertz CT molecular complexity index is 244. The minimum Gasteiger partial charge on any atom is -0.550 e. The Morgan fingerprint density at radius 1 is 1.80 bits per heavy atom. The van der Waals surface area contributed by atoms with Gasteiger partial charge in [-0.1, -0.05) is 0 Å². The standard InChI is InChI=1S/C6H7NO2S/c7-4-1-2-10-5(4)3-6(8)9/h1-2H,3,7H2,(H,8,9)/p-1. The van der Waals surface area contributed by atoms with E-state index in [0.29, 0.717) is 10.6 Å². The Balaban J connectivity index is 2.74. The fraction of sp³-hybridized carbons (Fsp3) is 0.167. The maximum absolute atomic E-state index is 10.1. The molecule has 0 saturated carbocycles. The lowest BCUT2D eigenvalue weighted by Gasteiger charge is -1.98. The lowest BCUT2D eigenvalue weighted by atomic mass is 10.3. The minimum atomic E-state index is -1.09. The first-order chi connectivity index (χ1) is 4.70. The third-order valence-corrected chi connectivity index (χ3v) is 2.02. The van der Waals surface area contributed by atoms with Crippen LogP contribution in [0.1, 0.15) is 4.88 Å². The quantitative estimate of drug-likeness (QED) is 0.635. The summed E-state index contributed by atoms with van der Waals surface area (Å²) in [5.41, 5.74) is 5.94. The predicted octanol–water partition coefficient (Wildman–Crippen LogP) is -0.377. The van der Waals surface area contributed by atoms with Crippen molar-refractivity contribution < 1.29 is 9.90 Å². The molecule has 1 heterocycles. The van der Waals surface area contributed by atoms with Crippen molar-refractivity contribution in [3.05, 3.63) is 16.3 Å². The van der Waals surface area contributed by atoms with E-state index in [2.05, 4.69) is 0 Å². The van der Waals surface area contributed by atoms with E-state index in [1.807, 2.05) is 0 Å². The Morgan fingerprint density at radius 2 is 2.50 bits per heavy atom. The number of carbonyl (C=O) groups excluding carboxylic acids is 1. The molecule has 0 aliphatic heterocycles. The molecule has 4 heteroatoms. The number of carboxylic acid groups (broad SMARTS) is 1. The summed E-state index contributed by atoms with van der Waals surface area (Å²) in [4.78, 5) is 10.7. The highest BCUT2D eigenvalue weighted by molar-refractivity contribution is 7.10. The van der Waals surface area contributed by atoms with Crippen LogP contribution in [0, 0.1) is 0 Å². The van der Waals surface area contributed by atoms with Gasteiger partial charge in [-0.3, -0.25) is 0 Å². The van der Waals surface area contributed by atoms with Crippen molar-refractivity contribution in [2.45, 2.75) is 6.42 Å². The van der Waals surface area contributed by atoms with E-state index in [9.17, 15) is 9.90 Å². The van der Waals surface area contributed by atoms with Gasteiger partial charge in [0.15, 0.2) is 0 Å². The molecule has 0 aliphatic carbocycles. The van der Waals surface area contributed by atoms with Crippen LogP contribution in [-0.2, 0) is 11.2 Å². The monoisotopic (exact) mass is 156 g/mol. The summed E-state index contributed by atoms with van der Waals surface area (Å²) in [7, 11) is 0. The summed E-state index contributed by atoms with van der Waals surface area (Å²) in [6.07, 6.45) is -0.0799. The molecule has 0 saturated heterocycles. The molecule has 2 N–H and O–H groups in total. The molecule has 0 bridgehead atoms. The molecule has 0 unspecified atom stereocenters. The highest BCUT2D eigenvalue weighted by Crippen LogP contribution is 2.18. The van der Waals surface area contributed by atoms with Crippen LogP contribution >= 0.6 is 11.3 Å². The Hall–Kier alpha value is -1.03. The summed E-state index contributed by atoms with van der Waals surface area (Å²) in [5, 5.41) is 11.8. The maximum atomic E-state index is 10.1. The van der Waals surface area contributed by atoms with Crippen LogP contribution in [0.5, 0.6) is 0 Å². The number of rotatable bonds is 2. The van der Waals surface area contributed by atoms with E-state index >= 15 is 0 Å². The summed E-state index contributed by atoms with van der Waals surface area (Å²) in [5.74, 6) is -1.09. The molecule has 0 radical (unpaired) electrons. The number of hydrogen-bond acceptors (Lipinski definition) is 4. The van der Waals surface area contributed by atoms with Crippen molar-refractivity contribution in [3.63, 3.8) is 0 Å². The number of carbonyl (C=O) groups is 1. The van der Waals surface area contributed by atoms with Crippen LogP contribution in [0.2, 0.25) is 0 Å².